The van der Waals surface area contributed by atoms with Gasteiger partial charge in [-0.05, 0) is 26.7 Å². The Hall–Kier alpha value is -0.160. The Labute approximate surface area is 78.5 Å². The molecule has 3 nitrogen and oxygen atoms in total. The molecular weight excluding hydrogens is 195 g/mol. The van der Waals surface area contributed by atoms with Crippen molar-refractivity contribution >= 4 is 10.2 Å². The third kappa shape index (κ3) is 2.20. The van der Waals surface area contributed by atoms with Gasteiger partial charge >= 0.3 is 10.2 Å². The Morgan fingerprint density at radius 2 is 2.08 bits per heavy atom. The maximum atomic E-state index is 12.9. The van der Waals surface area contributed by atoms with Gasteiger partial charge in [-0.15, -0.1) is 3.89 Å². The van der Waals surface area contributed by atoms with Gasteiger partial charge in [-0.1, -0.05) is 0 Å². The minimum atomic E-state index is -4.48. The van der Waals surface area contributed by atoms with E-state index >= 15 is 0 Å². The molecule has 0 aliphatic carbocycles. The topological polar surface area (TPSA) is 43.4 Å². The lowest BCUT2D eigenvalue weighted by Gasteiger charge is -2.33. The van der Waals surface area contributed by atoms with Crippen molar-refractivity contribution in [2.45, 2.75) is 31.4 Å². The maximum Gasteiger partial charge on any atom is 0.307 e. The van der Waals surface area contributed by atoms with E-state index in [4.69, 9.17) is 4.74 Å². The summed E-state index contributed by atoms with van der Waals surface area (Å²) in [5.41, 5.74) is 0. The van der Waals surface area contributed by atoms with E-state index in [-0.39, 0.29) is 5.92 Å². The molecule has 0 aromatic heterocycles. The van der Waals surface area contributed by atoms with Gasteiger partial charge in [-0.2, -0.15) is 8.42 Å². The van der Waals surface area contributed by atoms with E-state index in [1.807, 2.05) is 0 Å². The zero-order valence-electron chi connectivity index (χ0n) is 7.92. The van der Waals surface area contributed by atoms with Crippen LogP contribution in [0.4, 0.5) is 3.89 Å². The fourth-order valence-corrected chi connectivity index (χ4v) is 2.07. The van der Waals surface area contributed by atoms with Gasteiger partial charge in [0.2, 0.25) is 0 Å². The van der Waals surface area contributed by atoms with Crippen LogP contribution in [0.5, 0.6) is 0 Å². The molecular formula is C8H15FO3S. The van der Waals surface area contributed by atoms with Crippen molar-refractivity contribution in [2.75, 3.05) is 13.2 Å². The first kappa shape index (κ1) is 10.9. The highest BCUT2D eigenvalue weighted by atomic mass is 32.3. The van der Waals surface area contributed by atoms with Gasteiger partial charge in [0, 0.05) is 12.5 Å². The third-order valence-electron chi connectivity index (χ3n) is 2.77. The molecule has 1 atom stereocenters. The van der Waals surface area contributed by atoms with E-state index in [1.165, 1.54) is 13.8 Å². The average Bonchev–Trinajstić information content (AvgIpc) is 2.04. The summed E-state index contributed by atoms with van der Waals surface area (Å²) < 4.78 is 38.3. The molecule has 5 heteroatoms. The minimum Gasteiger partial charge on any atom is -0.381 e. The van der Waals surface area contributed by atoms with E-state index in [1.54, 1.807) is 0 Å². The second-order valence-electron chi connectivity index (χ2n) is 3.96. The summed E-state index contributed by atoms with van der Waals surface area (Å²) in [4.78, 5) is 0. The first-order valence-corrected chi connectivity index (χ1v) is 5.76. The Bertz CT molecular complexity index is 265. The quantitative estimate of drug-likeness (QED) is 0.648. The van der Waals surface area contributed by atoms with Gasteiger partial charge in [0.15, 0.2) is 0 Å². The number of rotatable bonds is 2. The standard InChI is InChI=1S/C8H15FO3S/c1-8(2,13(9,10)11)7-4-3-5-12-6-7/h7H,3-6H2,1-2H3. The highest BCUT2D eigenvalue weighted by molar-refractivity contribution is 7.87. The van der Waals surface area contributed by atoms with Crippen molar-refractivity contribution in [3.63, 3.8) is 0 Å². The molecule has 1 unspecified atom stereocenters. The van der Waals surface area contributed by atoms with Crippen LogP contribution in [0.15, 0.2) is 0 Å². The lowest BCUT2D eigenvalue weighted by atomic mass is 9.90. The summed E-state index contributed by atoms with van der Waals surface area (Å²) in [6, 6.07) is 0. The van der Waals surface area contributed by atoms with Gasteiger partial charge in [-0.3, -0.25) is 0 Å². The summed E-state index contributed by atoms with van der Waals surface area (Å²) in [6.07, 6.45) is 1.53. The van der Waals surface area contributed by atoms with Crippen molar-refractivity contribution in [3.05, 3.63) is 0 Å². The van der Waals surface area contributed by atoms with Crippen LogP contribution in [-0.4, -0.2) is 26.4 Å². The van der Waals surface area contributed by atoms with Crippen LogP contribution in [0, 0.1) is 5.92 Å². The Balaban J connectivity index is 2.79. The molecule has 1 fully saturated rings. The third-order valence-corrected chi connectivity index (χ3v) is 4.36. The monoisotopic (exact) mass is 210 g/mol. The fraction of sp³-hybridized carbons (Fsp3) is 1.00. The zero-order valence-corrected chi connectivity index (χ0v) is 8.73. The van der Waals surface area contributed by atoms with E-state index in [9.17, 15) is 12.3 Å². The van der Waals surface area contributed by atoms with Gasteiger partial charge in [-0.25, -0.2) is 0 Å². The SMILES string of the molecule is CC(C)(C1CCCOC1)S(=O)(=O)F. The Morgan fingerprint density at radius 3 is 2.46 bits per heavy atom. The predicted octanol–water partition coefficient (Wildman–Crippen LogP) is 1.49. The first-order valence-electron chi connectivity index (χ1n) is 4.37. The van der Waals surface area contributed by atoms with E-state index < -0.39 is 15.0 Å². The summed E-state index contributed by atoms with van der Waals surface area (Å²) in [5, 5.41) is 0. The normalized spacial score (nSPS) is 25.9. The van der Waals surface area contributed by atoms with E-state index in [0.717, 1.165) is 12.8 Å². The molecule has 78 valence electrons. The lowest BCUT2D eigenvalue weighted by Crippen LogP contribution is -2.42. The number of halogens is 1. The van der Waals surface area contributed by atoms with Crippen molar-refractivity contribution < 1.29 is 17.0 Å². The average molecular weight is 210 g/mol. The number of hydrogen-bond acceptors (Lipinski definition) is 3. The number of ether oxygens (including phenoxy) is 1. The molecule has 0 aromatic carbocycles. The molecule has 1 aliphatic heterocycles. The summed E-state index contributed by atoms with van der Waals surface area (Å²) in [5.74, 6) is -0.226. The van der Waals surface area contributed by atoms with Gasteiger partial charge in [0.25, 0.3) is 0 Å². The molecule has 0 saturated carbocycles. The summed E-state index contributed by atoms with van der Waals surface area (Å²) in [7, 11) is -4.48. The van der Waals surface area contributed by atoms with Crippen LogP contribution in [-0.2, 0) is 15.0 Å². The minimum absolute atomic E-state index is 0.226. The van der Waals surface area contributed by atoms with Crippen LogP contribution in [0.25, 0.3) is 0 Å². The lowest BCUT2D eigenvalue weighted by molar-refractivity contribution is 0.0416. The van der Waals surface area contributed by atoms with Crippen molar-refractivity contribution in [1.29, 1.82) is 0 Å². The highest BCUT2D eigenvalue weighted by Gasteiger charge is 2.42. The molecule has 0 N–H and O–H groups in total. The smallest absolute Gasteiger partial charge is 0.307 e. The molecule has 0 amide bonds. The van der Waals surface area contributed by atoms with Crippen molar-refractivity contribution in [2.24, 2.45) is 5.92 Å². The summed E-state index contributed by atoms with van der Waals surface area (Å²) >= 11 is 0. The van der Waals surface area contributed by atoms with Crippen molar-refractivity contribution in [3.8, 4) is 0 Å². The molecule has 0 aromatic rings. The summed E-state index contributed by atoms with van der Waals surface area (Å²) in [6.45, 7) is 3.83. The molecule has 0 radical (unpaired) electrons. The largest absolute Gasteiger partial charge is 0.381 e. The first-order chi connectivity index (χ1) is 5.86. The van der Waals surface area contributed by atoms with Crippen LogP contribution in [0.1, 0.15) is 26.7 Å². The van der Waals surface area contributed by atoms with Gasteiger partial charge in [0.05, 0.1) is 6.61 Å². The molecule has 13 heavy (non-hydrogen) atoms. The highest BCUT2D eigenvalue weighted by Crippen LogP contribution is 2.33. The van der Waals surface area contributed by atoms with Crippen molar-refractivity contribution in [1.82, 2.24) is 0 Å². The molecule has 0 spiro atoms. The zero-order chi connectivity index (χ0) is 10.1. The van der Waals surface area contributed by atoms with Crippen LogP contribution >= 0.6 is 0 Å². The van der Waals surface area contributed by atoms with E-state index in [0.29, 0.717) is 13.2 Å². The molecule has 1 rings (SSSR count). The molecule has 0 bridgehead atoms. The second-order valence-corrected chi connectivity index (χ2v) is 5.88. The maximum absolute atomic E-state index is 12.9. The van der Waals surface area contributed by atoms with E-state index in [2.05, 4.69) is 0 Å². The van der Waals surface area contributed by atoms with Crippen LogP contribution in [0.3, 0.4) is 0 Å². The van der Waals surface area contributed by atoms with Gasteiger partial charge in [0.1, 0.15) is 4.75 Å². The number of hydrogen-bond donors (Lipinski definition) is 0. The molecule has 1 saturated heterocycles. The molecule has 1 aliphatic rings. The van der Waals surface area contributed by atoms with Crippen LogP contribution in [0.2, 0.25) is 0 Å². The van der Waals surface area contributed by atoms with Crippen LogP contribution < -0.4 is 0 Å². The molecule has 1 heterocycles. The fourth-order valence-electron chi connectivity index (χ4n) is 1.49. The van der Waals surface area contributed by atoms with Gasteiger partial charge < -0.3 is 4.74 Å². The second kappa shape index (κ2) is 3.53. The Morgan fingerprint density at radius 1 is 1.46 bits per heavy atom. The predicted molar refractivity (Wildman–Crippen MR) is 47.6 cm³/mol. The Kier molecular flexibility index (Phi) is 2.97.